The summed E-state index contributed by atoms with van der Waals surface area (Å²) in [6.07, 6.45) is 1.00. The van der Waals surface area contributed by atoms with Crippen molar-refractivity contribution in [3.8, 4) is 5.75 Å². The molecule has 0 amide bonds. The normalized spacial score (nSPS) is 33.0. The van der Waals surface area contributed by atoms with Gasteiger partial charge in [-0.2, -0.15) is 0 Å². The van der Waals surface area contributed by atoms with Crippen LogP contribution in [0, 0.1) is 5.92 Å². The monoisotopic (exact) mass is 206 g/mol. The Morgan fingerprint density at radius 3 is 3.07 bits per heavy atom. The van der Waals surface area contributed by atoms with Gasteiger partial charge in [0, 0.05) is 12.7 Å². The maximum Gasteiger partial charge on any atom is 0.205 e. The van der Waals surface area contributed by atoms with Crippen LogP contribution in [-0.2, 0) is 9.47 Å². The van der Waals surface area contributed by atoms with E-state index in [1.807, 2.05) is 18.2 Å². The van der Waals surface area contributed by atoms with Crippen molar-refractivity contribution in [3.63, 3.8) is 0 Å². The second kappa shape index (κ2) is 3.51. The molecule has 0 aromatic heterocycles. The van der Waals surface area contributed by atoms with Gasteiger partial charge in [0.05, 0.1) is 18.6 Å². The van der Waals surface area contributed by atoms with Crippen LogP contribution in [0.3, 0.4) is 0 Å². The summed E-state index contributed by atoms with van der Waals surface area (Å²) in [7, 11) is 1.75. The highest BCUT2D eigenvalue weighted by molar-refractivity contribution is 5.37. The Balaban J connectivity index is 2.03. The van der Waals surface area contributed by atoms with Gasteiger partial charge >= 0.3 is 0 Å². The van der Waals surface area contributed by atoms with Crippen molar-refractivity contribution in [2.24, 2.45) is 5.92 Å². The minimum Gasteiger partial charge on any atom is -0.464 e. The molecular formula is C12H14O3. The van der Waals surface area contributed by atoms with Gasteiger partial charge in [-0.3, -0.25) is 0 Å². The zero-order valence-electron chi connectivity index (χ0n) is 8.68. The van der Waals surface area contributed by atoms with E-state index in [0.29, 0.717) is 5.92 Å². The molecule has 0 aliphatic carbocycles. The van der Waals surface area contributed by atoms with Crippen molar-refractivity contribution in [2.75, 3.05) is 13.7 Å². The Hall–Kier alpha value is -1.06. The SMILES string of the molecule is CO[C@H]1c2ccccc2O[C@@H]2OCC[C@@H]21. The van der Waals surface area contributed by atoms with Crippen molar-refractivity contribution in [3.05, 3.63) is 29.8 Å². The summed E-state index contributed by atoms with van der Waals surface area (Å²) in [5.41, 5.74) is 1.15. The lowest BCUT2D eigenvalue weighted by molar-refractivity contribution is -0.112. The lowest BCUT2D eigenvalue weighted by Crippen LogP contribution is -2.33. The molecule has 2 aliphatic heterocycles. The van der Waals surface area contributed by atoms with Gasteiger partial charge in [0.25, 0.3) is 0 Å². The molecule has 0 saturated carbocycles. The third-order valence-electron chi connectivity index (χ3n) is 3.19. The van der Waals surface area contributed by atoms with Crippen LogP contribution in [0.4, 0.5) is 0 Å². The Morgan fingerprint density at radius 1 is 1.33 bits per heavy atom. The molecule has 0 bridgehead atoms. The molecule has 0 radical (unpaired) electrons. The highest BCUT2D eigenvalue weighted by Crippen LogP contribution is 2.44. The second-order valence-corrected chi connectivity index (χ2v) is 4.00. The highest BCUT2D eigenvalue weighted by atomic mass is 16.7. The molecule has 3 nitrogen and oxygen atoms in total. The molecule has 2 heterocycles. The number of fused-ring (bicyclic) bond motifs is 2. The van der Waals surface area contributed by atoms with Gasteiger partial charge in [-0.1, -0.05) is 18.2 Å². The van der Waals surface area contributed by atoms with E-state index in [2.05, 4.69) is 6.07 Å². The molecule has 3 atom stereocenters. The topological polar surface area (TPSA) is 27.7 Å². The largest absolute Gasteiger partial charge is 0.464 e. The first-order valence-electron chi connectivity index (χ1n) is 5.30. The number of rotatable bonds is 1. The Bertz CT molecular complexity index is 364. The van der Waals surface area contributed by atoms with Gasteiger partial charge in [-0.15, -0.1) is 0 Å². The van der Waals surface area contributed by atoms with Crippen LogP contribution in [0.25, 0.3) is 0 Å². The van der Waals surface area contributed by atoms with E-state index in [0.717, 1.165) is 24.3 Å². The lowest BCUT2D eigenvalue weighted by atomic mass is 9.91. The zero-order valence-corrected chi connectivity index (χ0v) is 8.68. The predicted molar refractivity (Wildman–Crippen MR) is 54.7 cm³/mol. The maximum atomic E-state index is 5.79. The fourth-order valence-corrected chi connectivity index (χ4v) is 2.48. The number of ether oxygens (including phenoxy) is 3. The molecule has 0 N–H and O–H groups in total. The van der Waals surface area contributed by atoms with Gasteiger partial charge < -0.3 is 14.2 Å². The third kappa shape index (κ3) is 1.34. The van der Waals surface area contributed by atoms with Gasteiger partial charge in [-0.25, -0.2) is 0 Å². The summed E-state index contributed by atoms with van der Waals surface area (Å²) in [5.74, 6) is 1.23. The smallest absolute Gasteiger partial charge is 0.205 e. The van der Waals surface area contributed by atoms with E-state index in [1.165, 1.54) is 0 Å². The van der Waals surface area contributed by atoms with Crippen molar-refractivity contribution in [2.45, 2.75) is 18.8 Å². The van der Waals surface area contributed by atoms with Crippen LogP contribution in [0.15, 0.2) is 24.3 Å². The number of benzene rings is 1. The van der Waals surface area contributed by atoms with E-state index in [4.69, 9.17) is 14.2 Å². The number of methoxy groups -OCH3 is 1. The Kier molecular flexibility index (Phi) is 2.15. The predicted octanol–water partition coefficient (Wildman–Crippen LogP) is 2.13. The van der Waals surface area contributed by atoms with E-state index in [-0.39, 0.29) is 12.4 Å². The molecular weight excluding hydrogens is 192 g/mol. The van der Waals surface area contributed by atoms with E-state index in [9.17, 15) is 0 Å². The number of hydrogen-bond acceptors (Lipinski definition) is 3. The average Bonchev–Trinajstić information content (AvgIpc) is 2.73. The molecule has 3 rings (SSSR count). The number of para-hydroxylation sites is 1. The molecule has 1 saturated heterocycles. The third-order valence-corrected chi connectivity index (χ3v) is 3.19. The quantitative estimate of drug-likeness (QED) is 0.704. The first-order chi connectivity index (χ1) is 7.40. The summed E-state index contributed by atoms with van der Waals surface area (Å²) < 4.78 is 16.9. The van der Waals surface area contributed by atoms with Gasteiger partial charge in [0.2, 0.25) is 6.29 Å². The van der Waals surface area contributed by atoms with Crippen molar-refractivity contribution < 1.29 is 14.2 Å². The summed E-state index contributed by atoms with van der Waals surface area (Å²) >= 11 is 0. The van der Waals surface area contributed by atoms with Gasteiger partial charge in [-0.05, 0) is 12.5 Å². The molecule has 0 unspecified atom stereocenters. The molecule has 15 heavy (non-hydrogen) atoms. The van der Waals surface area contributed by atoms with Crippen LogP contribution >= 0.6 is 0 Å². The molecule has 1 aromatic rings. The van der Waals surface area contributed by atoms with Crippen molar-refractivity contribution >= 4 is 0 Å². The Labute approximate surface area is 89.0 Å². The molecule has 3 heteroatoms. The summed E-state index contributed by atoms with van der Waals surface area (Å²) in [4.78, 5) is 0. The first-order valence-corrected chi connectivity index (χ1v) is 5.30. The molecule has 0 spiro atoms. The van der Waals surface area contributed by atoms with Crippen LogP contribution < -0.4 is 4.74 Å². The fourth-order valence-electron chi connectivity index (χ4n) is 2.48. The highest BCUT2D eigenvalue weighted by Gasteiger charge is 2.42. The molecule has 2 aliphatic rings. The first kappa shape index (κ1) is 9.19. The average molecular weight is 206 g/mol. The van der Waals surface area contributed by atoms with Gasteiger partial charge in [0.1, 0.15) is 5.75 Å². The molecule has 80 valence electrons. The maximum absolute atomic E-state index is 5.79. The van der Waals surface area contributed by atoms with Crippen LogP contribution in [-0.4, -0.2) is 20.0 Å². The van der Waals surface area contributed by atoms with E-state index in [1.54, 1.807) is 7.11 Å². The summed E-state index contributed by atoms with van der Waals surface area (Å²) in [6.45, 7) is 0.767. The molecule has 1 aromatic carbocycles. The summed E-state index contributed by atoms with van der Waals surface area (Å²) in [5, 5.41) is 0. The van der Waals surface area contributed by atoms with E-state index < -0.39 is 0 Å². The zero-order chi connectivity index (χ0) is 10.3. The Morgan fingerprint density at radius 2 is 2.20 bits per heavy atom. The minimum atomic E-state index is -0.121. The summed E-state index contributed by atoms with van der Waals surface area (Å²) in [6, 6.07) is 8.03. The number of hydrogen-bond donors (Lipinski definition) is 0. The van der Waals surface area contributed by atoms with Crippen LogP contribution in [0.1, 0.15) is 18.1 Å². The standard InChI is InChI=1S/C12H14O3/c1-13-11-8-4-2-3-5-10(8)15-12-9(11)6-7-14-12/h2-5,9,11-12H,6-7H2,1H3/t9-,11+,12+/m1/s1. The molecule has 1 fully saturated rings. The van der Waals surface area contributed by atoms with Crippen LogP contribution in [0.5, 0.6) is 5.75 Å². The van der Waals surface area contributed by atoms with E-state index >= 15 is 0 Å². The van der Waals surface area contributed by atoms with Crippen molar-refractivity contribution in [1.82, 2.24) is 0 Å². The minimum absolute atomic E-state index is 0.113. The second-order valence-electron chi connectivity index (χ2n) is 4.00. The van der Waals surface area contributed by atoms with Crippen LogP contribution in [0.2, 0.25) is 0 Å². The lowest BCUT2D eigenvalue weighted by Gasteiger charge is -2.33. The fraction of sp³-hybridized carbons (Fsp3) is 0.500. The van der Waals surface area contributed by atoms with Crippen molar-refractivity contribution in [1.29, 1.82) is 0 Å². The van der Waals surface area contributed by atoms with Gasteiger partial charge in [0.15, 0.2) is 0 Å².